The maximum absolute atomic E-state index is 12.9. The molecule has 1 aliphatic heterocycles. The number of hydrogen-bond donors (Lipinski definition) is 2. The van der Waals surface area contributed by atoms with Gasteiger partial charge in [-0.15, -0.1) is 11.3 Å². The molecule has 1 amide bonds. The Labute approximate surface area is 170 Å². The molecule has 0 radical (unpaired) electrons. The molecule has 0 atom stereocenters. The van der Waals surface area contributed by atoms with Gasteiger partial charge >= 0.3 is 0 Å². The van der Waals surface area contributed by atoms with Crippen LogP contribution in [0.1, 0.15) is 21.7 Å². The van der Waals surface area contributed by atoms with Crippen LogP contribution in [0.15, 0.2) is 30.9 Å². The fraction of sp³-hybridized carbons (Fsp3) is 0.263. The van der Waals surface area contributed by atoms with E-state index in [1.54, 1.807) is 16.9 Å². The molecular formula is C19H19N7O2S. The predicted octanol–water partition coefficient (Wildman–Crippen LogP) is 2.79. The molecule has 5 heterocycles. The van der Waals surface area contributed by atoms with Crippen LogP contribution in [-0.2, 0) is 17.9 Å². The first-order valence-corrected chi connectivity index (χ1v) is 10.0. The van der Waals surface area contributed by atoms with Gasteiger partial charge in [-0.2, -0.15) is 10.2 Å². The average molecular weight is 409 g/mol. The van der Waals surface area contributed by atoms with E-state index in [2.05, 4.69) is 25.8 Å². The van der Waals surface area contributed by atoms with Gasteiger partial charge in [0, 0.05) is 18.8 Å². The minimum absolute atomic E-state index is 0.216. The van der Waals surface area contributed by atoms with Crippen LogP contribution >= 0.6 is 11.3 Å². The highest BCUT2D eigenvalue weighted by molar-refractivity contribution is 7.21. The number of rotatable bonds is 4. The number of aryl methyl sites for hydroxylation is 1. The van der Waals surface area contributed by atoms with Crippen LogP contribution in [0.3, 0.4) is 0 Å². The number of carbonyl (C=O) groups is 1. The number of hydrogen-bond acceptors (Lipinski definition) is 7. The average Bonchev–Trinajstić information content (AvgIpc) is 3.42. The molecule has 2 N–H and O–H groups in total. The number of pyridine rings is 1. The summed E-state index contributed by atoms with van der Waals surface area (Å²) in [7, 11) is 1.81. The van der Waals surface area contributed by atoms with Crippen LogP contribution in [0, 0.1) is 6.92 Å². The summed E-state index contributed by atoms with van der Waals surface area (Å²) in [4.78, 5) is 19.0. The molecule has 9 nitrogen and oxygen atoms in total. The zero-order valence-corrected chi connectivity index (χ0v) is 16.8. The van der Waals surface area contributed by atoms with Gasteiger partial charge in [0.05, 0.1) is 71.6 Å². The van der Waals surface area contributed by atoms with E-state index < -0.39 is 0 Å². The maximum atomic E-state index is 12.9. The summed E-state index contributed by atoms with van der Waals surface area (Å²) in [6.07, 6.45) is 7.10. The van der Waals surface area contributed by atoms with E-state index in [0.717, 1.165) is 38.9 Å². The highest BCUT2D eigenvalue weighted by Gasteiger charge is 2.21. The second-order valence-corrected chi connectivity index (χ2v) is 7.78. The van der Waals surface area contributed by atoms with Crippen molar-refractivity contribution in [1.29, 1.82) is 0 Å². The lowest BCUT2D eigenvalue weighted by atomic mass is 10.2. The monoisotopic (exact) mass is 409 g/mol. The second-order valence-electron chi connectivity index (χ2n) is 6.75. The van der Waals surface area contributed by atoms with Crippen LogP contribution < -0.4 is 10.6 Å². The van der Waals surface area contributed by atoms with Crippen LogP contribution in [0.4, 0.5) is 11.4 Å². The SMILES string of the molecule is CNc1cnc(C)c(NC(=O)c2cnn3cc(-c4cnn5c4COCC5)sc23)c1. The van der Waals surface area contributed by atoms with Crippen LogP contribution in [0.25, 0.3) is 15.3 Å². The quantitative estimate of drug-likeness (QED) is 0.538. The van der Waals surface area contributed by atoms with Crippen molar-refractivity contribution in [2.24, 2.45) is 0 Å². The van der Waals surface area contributed by atoms with Crippen molar-refractivity contribution in [3.05, 3.63) is 47.8 Å². The van der Waals surface area contributed by atoms with E-state index in [-0.39, 0.29) is 5.91 Å². The summed E-state index contributed by atoms with van der Waals surface area (Å²) < 4.78 is 9.28. The molecule has 5 rings (SSSR count). The van der Waals surface area contributed by atoms with Crippen molar-refractivity contribution in [1.82, 2.24) is 24.4 Å². The molecule has 0 spiro atoms. The van der Waals surface area contributed by atoms with Crippen molar-refractivity contribution in [2.45, 2.75) is 20.1 Å². The molecule has 29 heavy (non-hydrogen) atoms. The van der Waals surface area contributed by atoms with Gasteiger partial charge in [0.15, 0.2) is 0 Å². The summed E-state index contributed by atoms with van der Waals surface area (Å²) in [5.74, 6) is -0.216. The largest absolute Gasteiger partial charge is 0.387 e. The molecule has 0 unspecified atom stereocenters. The molecule has 0 aliphatic carbocycles. The molecule has 0 aromatic carbocycles. The van der Waals surface area contributed by atoms with E-state index in [9.17, 15) is 4.79 Å². The molecule has 1 aliphatic rings. The van der Waals surface area contributed by atoms with Gasteiger partial charge < -0.3 is 15.4 Å². The zero-order chi connectivity index (χ0) is 20.0. The number of aromatic nitrogens is 5. The van der Waals surface area contributed by atoms with Gasteiger partial charge in [-0.05, 0) is 13.0 Å². The van der Waals surface area contributed by atoms with Gasteiger partial charge in [0.1, 0.15) is 4.83 Å². The fourth-order valence-corrected chi connectivity index (χ4v) is 4.42. The highest BCUT2D eigenvalue weighted by Crippen LogP contribution is 2.34. The summed E-state index contributed by atoms with van der Waals surface area (Å²) in [5.41, 5.74) is 4.84. The molecule has 0 saturated heterocycles. The maximum Gasteiger partial charge on any atom is 0.260 e. The topological polar surface area (TPSA) is 98.4 Å². The predicted molar refractivity (Wildman–Crippen MR) is 110 cm³/mol. The van der Waals surface area contributed by atoms with Crippen molar-refractivity contribution in [3.63, 3.8) is 0 Å². The number of carbonyl (C=O) groups excluding carboxylic acids is 1. The molecule has 4 aromatic heterocycles. The molecular weight excluding hydrogens is 390 g/mol. The Morgan fingerprint density at radius 1 is 1.28 bits per heavy atom. The van der Waals surface area contributed by atoms with E-state index in [4.69, 9.17) is 4.74 Å². The number of fused-ring (bicyclic) bond motifs is 2. The van der Waals surface area contributed by atoms with Crippen LogP contribution in [0.5, 0.6) is 0 Å². The standard InChI is InChI=1S/C19H19N7O2S/c1-11-15(5-12(20-2)6-21-11)24-18(27)14-8-23-26-9-17(29-19(14)26)13-7-22-25-3-4-28-10-16(13)25/h5-9,20H,3-4,10H2,1-2H3,(H,24,27). The lowest BCUT2D eigenvalue weighted by Crippen LogP contribution is -2.17. The Balaban J connectivity index is 1.47. The summed E-state index contributed by atoms with van der Waals surface area (Å²) in [5, 5.41) is 14.8. The van der Waals surface area contributed by atoms with Crippen molar-refractivity contribution >= 4 is 33.4 Å². The molecule has 148 valence electrons. The van der Waals surface area contributed by atoms with Gasteiger partial charge in [0.2, 0.25) is 0 Å². The Morgan fingerprint density at radius 3 is 3.03 bits per heavy atom. The lowest BCUT2D eigenvalue weighted by molar-refractivity contribution is 0.0804. The molecule has 0 saturated carbocycles. The molecule has 4 aromatic rings. The Morgan fingerprint density at radius 2 is 2.17 bits per heavy atom. The van der Waals surface area contributed by atoms with Gasteiger partial charge in [0.25, 0.3) is 5.91 Å². The highest BCUT2D eigenvalue weighted by atomic mass is 32.1. The first-order chi connectivity index (χ1) is 14.1. The van der Waals surface area contributed by atoms with E-state index in [1.165, 1.54) is 11.3 Å². The number of nitrogens with one attached hydrogen (secondary N) is 2. The summed E-state index contributed by atoms with van der Waals surface area (Å²) in [6, 6.07) is 1.86. The smallest absolute Gasteiger partial charge is 0.260 e. The zero-order valence-electron chi connectivity index (χ0n) is 16.0. The third-order valence-corrected chi connectivity index (χ3v) is 6.11. The van der Waals surface area contributed by atoms with E-state index >= 15 is 0 Å². The fourth-order valence-electron chi connectivity index (χ4n) is 3.33. The van der Waals surface area contributed by atoms with Crippen LogP contribution in [-0.4, -0.2) is 43.9 Å². The van der Waals surface area contributed by atoms with Crippen molar-refractivity contribution in [2.75, 3.05) is 24.3 Å². The van der Waals surface area contributed by atoms with Crippen molar-refractivity contribution in [3.8, 4) is 10.4 Å². The normalized spacial score (nSPS) is 13.4. The van der Waals surface area contributed by atoms with E-state index in [1.807, 2.05) is 37.1 Å². The third-order valence-electron chi connectivity index (χ3n) is 4.96. The van der Waals surface area contributed by atoms with Gasteiger partial charge in [-0.3, -0.25) is 14.5 Å². The number of amides is 1. The number of thiazole rings is 1. The summed E-state index contributed by atoms with van der Waals surface area (Å²) >= 11 is 1.51. The number of nitrogens with zero attached hydrogens (tertiary/aromatic N) is 5. The first-order valence-electron chi connectivity index (χ1n) is 9.20. The van der Waals surface area contributed by atoms with Crippen molar-refractivity contribution < 1.29 is 9.53 Å². The molecule has 0 bridgehead atoms. The van der Waals surface area contributed by atoms with Gasteiger partial charge in [-0.25, -0.2) is 4.52 Å². The minimum Gasteiger partial charge on any atom is -0.387 e. The van der Waals surface area contributed by atoms with Gasteiger partial charge in [-0.1, -0.05) is 0 Å². The first kappa shape index (κ1) is 17.8. The number of anilines is 2. The second kappa shape index (κ2) is 6.98. The lowest BCUT2D eigenvalue weighted by Gasteiger charge is -2.14. The van der Waals surface area contributed by atoms with Crippen LogP contribution in [0.2, 0.25) is 0 Å². The number of ether oxygens (including phenoxy) is 1. The Bertz CT molecular complexity index is 1220. The Hall–Kier alpha value is -3.24. The van der Waals surface area contributed by atoms with E-state index in [0.29, 0.717) is 24.5 Å². The Kier molecular flexibility index (Phi) is 4.29. The third kappa shape index (κ3) is 3.06. The summed E-state index contributed by atoms with van der Waals surface area (Å²) in [6.45, 7) is 3.83. The minimum atomic E-state index is -0.216. The molecule has 0 fully saturated rings. The molecule has 10 heteroatoms.